The van der Waals surface area contributed by atoms with Crippen LogP contribution in [-0.2, 0) is 6.18 Å². The second-order valence-corrected chi connectivity index (χ2v) is 7.99. The standard InChI is InChI=1S/C23H21F3N6O2/c1-13-2-3-14(22(34)31-17-6-16(8-29-9-17)23(24,25)26)5-20(13)30-18-11-32(12-18)19-4-15(21(27)33)7-28-10-19/h2-10,18,30H,11-12H2,1H3,(H2,27,33)(H,31,34). The molecule has 0 bridgehead atoms. The summed E-state index contributed by atoms with van der Waals surface area (Å²) in [5.41, 5.74) is 7.38. The highest BCUT2D eigenvalue weighted by molar-refractivity contribution is 6.05. The fourth-order valence-corrected chi connectivity index (χ4v) is 3.52. The maximum Gasteiger partial charge on any atom is 0.417 e. The number of pyridine rings is 2. The predicted octanol–water partition coefficient (Wildman–Crippen LogP) is 3.46. The highest BCUT2D eigenvalue weighted by atomic mass is 19.4. The van der Waals surface area contributed by atoms with Crippen LogP contribution in [0.2, 0.25) is 0 Å². The van der Waals surface area contributed by atoms with E-state index in [-0.39, 0.29) is 11.7 Å². The van der Waals surface area contributed by atoms with E-state index in [0.29, 0.717) is 30.4 Å². The molecule has 0 radical (unpaired) electrons. The average molecular weight is 470 g/mol. The molecule has 0 saturated carbocycles. The Morgan fingerprint density at radius 1 is 1.03 bits per heavy atom. The number of alkyl halides is 3. The Kier molecular flexibility index (Phi) is 6.10. The fraction of sp³-hybridized carbons (Fsp3) is 0.217. The number of benzene rings is 1. The Labute approximate surface area is 193 Å². The van der Waals surface area contributed by atoms with E-state index in [1.165, 1.54) is 6.20 Å². The van der Waals surface area contributed by atoms with E-state index >= 15 is 0 Å². The minimum atomic E-state index is -4.55. The van der Waals surface area contributed by atoms with Crippen molar-refractivity contribution in [1.82, 2.24) is 9.97 Å². The molecule has 3 aromatic rings. The van der Waals surface area contributed by atoms with Gasteiger partial charge in [-0.05, 0) is 36.8 Å². The van der Waals surface area contributed by atoms with Gasteiger partial charge in [0.25, 0.3) is 5.91 Å². The number of carbonyl (C=O) groups is 2. The second-order valence-electron chi connectivity index (χ2n) is 7.99. The lowest BCUT2D eigenvalue weighted by Crippen LogP contribution is -2.55. The maximum atomic E-state index is 12.9. The summed E-state index contributed by atoms with van der Waals surface area (Å²) in [5.74, 6) is -1.09. The molecular weight excluding hydrogens is 449 g/mol. The summed E-state index contributed by atoms with van der Waals surface area (Å²) in [6.07, 6.45) is 0.373. The van der Waals surface area contributed by atoms with Crippen LogP contribution in [0.25, 0.3) is 0 Å². The fourth-order valence-electron chi connectivity index (χ4n) is 3.52. The van der Waals surface area contributed by atoms with Gasteiger partial charge in [0.05, 0.1) is 40.9 Å². The van der Waals surface area contributed by atoms with E-state index in [2.05, 4.69) is 20.6 Å². The van der Waals surface area contributed by atoms with Crippen molar-refractivity contribution in [2.75, 3.05) is 28.6 Å². The van der Waals surface area contributed by atoms with E-state index in [1.54, 1.807) is 30.5 Å². The van der Waals surface area contributed by atoms with Gasteiger partial charge in [-0.3, -0.25) is 19.6 Å². The molecule has 0 atom stereocenters. The predicted molar refractivity (Wildman–Crippen MR) is 121 cm³/mol. The van der Waals surface area contributed by atoms with E-state index in [1.807, 2.05) is 11.8 Å². The van der Waals surface area contributed by atoms with Gasteiger partial charge in [0.2, 0.25) is 5.91 Å². The van der Waals surface area contributed by atoms with Crippen molar-refractivity contribution in [3.63, 3.8) is 0 Å². The molecular formula is C23H21F3N6O2. The lowest BCUT2D eigenvalue weighted by atomic mass is 10.0. The Morgan fingerprint density at radius 3 is 2.47 bits per heavy atom. The smallest absolute Gasteiger partial charge is 0.379 e. The molecule has 0 spiro atoms. The van der Waals surface area contributed by atoms with E-state index in [4.69, 9.17) is 5.73 Å². The van der Waals surface area contributed by atoms with Gasteiger partial charge in [-0.2, -0.15) is 13.2 Å². The first-order valence-electron chi connectivity index (χ1n) is 10.3. The van der Waals surface area contributed by atoms with Crippen LogP contribution in [0.4, 0.5) is 30.2 Å². The third-order valence-corrected chi connectivity index (χ3v) is 5.44. The zero-order valence-electron chi connectivity index (χ0n) is 18.1. The van der Waals surface area contributed by atoms with Crippen LogP contribution in [0.5, 0.6) is 0 Å². The minimum absolute atomic E-state index is 0.0451. The molecule has 3 heterocycles. The van der Waals surface area contributed by atoms with E-state index < -0.39 is 23.6 Å². The minimum Gasteiger partial charge on any atom is -0.379 e. The lowest BCUT2D eigenvalue weighted by Gasteiger charge is -2.42. The Bertz CT molecular complexity index is 1240. The zero-order chi connectivity index (χ0) is 24.5. The summed E-state index contributed by atoms with van der Waals surface area (Å²) in [6, 6.07) is 7.63. The molecule has 0 aliphatic carbocycles. The first kappa shape index (κ1) is 23.0. The topological polar surface area (TPSA) is 113 Å². The molecule has 2 aromatic heterocycles. The summed E-state index contributed by atoms with van der Waals surface area (Å²) >= 11 is 0. The summed E-state index contributed by atoms with van der Waals surface area (Å²) in [4.78, 5) is 33.6. The number of nitrogens with two attached hydrogens (primary N) is 1. The van der Waals surface area contributed by atoms with Gasteiger partial charge in [-0.25, -0.2) is 0 Å². The molecule has 0 unspecified atom stereocenters. The summed E-state index contributed by atoms with van der Waals surface area (Å²) in [6.45, 7) is 3.18. The average Bonchev–Trinajstić information content (AvgIpc) is 2.76. The van der Waals surface area contributed by atoms with Crippen LogP contribution >= 0.6 is 0 Å². The molecule has 1 fully saturated rings. The van der Waals surface area contributed by atoms with Gasteiger partial charge >= 0.3 is 6.18 Å². The molecule has 176 valence electrons. The monoisotopic (exact) mass is 470 g/mol. The molecule has 1 saturated heterocycles. The number of rotatable bonds is 6. The molecule has 4 rings (SSSR count). The lowest BCUT2D eigenvalue weighted by molar-refractivity contribution is -0.137. The van der Waals surface area contributed by atoms with E-state index in [9.17, 15) is 22.8 Å². The molecule has 8 nitrogen and oxygen atoms in total. The van der Waals surface area contributed by atoms with Crippen LogP contribution in [-0.4, -0.2) is 40.9 Å². The number of halogens is 3. The zero-order valence-corrected chi connectivity index (χ0v) is 18.1. The molecule has 4 N–H and O–H groups in total. The van der Waals surface area contributed by atoms with Gasteiger partial charge in [0, 0.05) is 36.7 Å². The number of aromatic nitrogens is 2. The number of primary amides is 1. The quantitative estimate of drug-likeness (QED) is 0.509. The van der Waals surface area contributed by atoms with Gasteiger partial charge in [0.1, 0.15) is 0 Å². The van der Waals surface area contributed by atoms with Crippen LogP contribution in [0, 0.1) is 6.92 Å². The first-order valence-corrected chi connectivity index (χ1v) is 10.3. The number of nitrogens with zero attached hydrogens (tertiary/aromatic N) is 3. The van der Waals surface area contributed by atoms with Gasteiger partial charge in [-0.1, -0.05) is 6.07 Å². The number of nitrogens with one attached hydrogen (secondary N) is 2. The molecule has 34 heavy (non-hydrogen) atoms. The summed E-state index contributed by atoms with van der Waals surface area (Å²) in [7, 11) is 0. The number of anilines is 3. The van der Waals surface area contributed by atoms with Crippen molar-refractivity contribution >= 4 is 28.9 Å². The summed E-state index contributed by atoms with van der Waals surface area (Å²) < 4.78 is 38.7. The van der Waals surface area contributed by atoms with Gasteiger partial charge in [-0.15, -0.1) is 0 Å². The molecule has 1 aliphatic heterocycles. The van der Waals surface area contributed by atoms with Crippen molar-refractivity contribution in [2.24, 2.45) is 5.73 Å². The SMILES string of the molecule is Cc1ccc(C(=O)Nc2cncc(C(F)(F)F)c2)cc1NC1CN(c2cncc(C(N)=O)c2)C1. The number of hydrogen-bond acceptors (Lipinski definition) is 6. The normalized spacial score (nSPS) is 13.8. The van der Waals surface area contributed by atoms with Crippen LogP contribution in [0.1, 0.15) is 31.8 Å². The number of carbonyl (C=O) groups excluding carboxylic acids is 2. The van der Waals surface area contributed by atoms with Gasteiger partial charge < -0.3 is 21.3 Å². The highest BCUT2D eigenvalue weighted by Crippen LogP contribution is 2.30. The second kappa shape index (κ2) is 9.00. The maximum absolute atomic E-state index is 12.9. The highest BCUT2D eigenvalue weighted by Gasteiger charge is 2.31. The van der Waals surface area contributed by atoms with Gasteiger partial charge in [0.15, 0.2) is 0 Å². The Morgan fingerprint density at radius 2 is 1.76 bits per heavy atom. The van der Waals surface area contributed by atoms with Crippen molar-refractivity contribution in [1.29, 1.82) is 0 Å². The summed E-state index contributed by atoms with van der Waals surface area (Å²) in [5, 5.41) is 5.84. The molecule has 1 aliphatic rings. The molecule has 1 aromatic carbocycles. The first-order chi connectivity index (χ1) is 16.1. The molecule has 11 heteroatoms. The molecule has 2 amide bonds. The Hall–Kier alpha value is -4.15. The third kappa shape index (κ3) is 5.08. The van der Waals surface area contributed by atoms with Crippen LogP contribution in [0.15, 0.2) is 55.1 Å². The van der Waals surface area contributed by atoms with E-state index in [0.717, 1.165) is 29.2 Å². The van der Waals surface area contributed by atoms with Crippen LogP contribution in [0.3, 0.4) is 0 Å². The van der Waals surface area contributed by atoms with Crippen molar-refractivity contribution in [3.8, 4) is 0 Å². The number of hydrogen-bond donors (Lipinski definition) is 3. The van der Waals surface area contributed by atoms with Crippen molar-refractivity contribution < 1.29 is 22.8 Å². The Balaban J connectivity index is 1.41. The van der Waals surface area contributed by atoms with Crippen LogP contribution < -0.4 is 21.3 Å². The number of aryl methyl sites for hydroxylation is 1. The number of amides is 2. The largest absolute Gasteiger partial charge is 0.417 e. The third-order valence-electron chi connectivity index (χ3n) is 5.44. The van der Waals surface area contributed by atoms with Crippen molar-refractivity contribution in [3.05, 3.63) is 77.4 Å². The van der Waals surface area contributed by atoms with Crippen molar-refractivity contribution in [2.45, 2.75) is 19.1 Å².